The van der Waals surface area contributed by atoms with Gasteiger partial charge in [0.2, 0.25) is 5.88 Å². The lowest BCUT2D eigenvalue weighted by molar-refractivity contribution is 0.0668. The number of amides is 1. The molecule has 1 aliphatic rings. The van der Waals surface area contributed by atoms with Crippen LogP contribution >= 0.6 is 0 Å². The zero-order valence-electron chi connectivity index (χ0n) is 14.0. The van der Waals surface area contributed by atoms with E-state index in [1.807, 2.05) is 24.1 Å². The Bertz CT molecular complexity index is 675. The van der Waals surface area contributed by atoms with Gasteiger partial charge in [-0.15, -0.1) is 0 Å². The fourth-order valence-electron chi connectivity index (χ4n) is 3.24. The van der Waals surface area contributed by atoms with Crippen LogP contribution in [0.25, 0.3) is 0 Å². The van der Waals surface area contributed by atoms with Crippen LogP contribution in [0.5, 0.6) is 5.88 Å². The third-order valence-corrected chi connectivity index (χ3v) is 4.34. The Kier molecular flexibility index (Phi) is 5.41. The number of hydrogen-bond donors (Lipinski definition) is 0. The number of nitrogens with zero attached hydrogens (tertiary/aromatic N) is 3. The lowest BCUT2D eigenvalue weighted by Crippen LogP contribution is -2.40. The quantitative estimate of drug-likeness (QED) is 0.848. The molecule has 2 aromatic heterocycles. The van der Waals surface area contributed by atoms with Gasteiger partial charge >= 0.3 is 0 Å². The average Bonchev–Trinajstić information content (AvgIpc) is 2.63. The van der Waals surface area contributed by atoms with Gasteiger partial charge in [0.1, 0.15) is 5.56 Å². The van der Waals surface area contributed by atoms with Crippen molar-refractivity contribution in [2.24, 2.45) is 5.92 Å². The SMILES string of the molecule is CCOc1ncccc1C(=O)N1CCCC(Cc2cccnc2)C1. The van der Waals surface area contributed by atoms with Crippen molar-refractivity contribution in [3.05, 3.63) is 54.0 Å². The molecule has 1 unspecified atom stereocenters. The number of rotatable bonds is 5. The van der Waals surface area contributed by atoms with E-state index in [0.717, 1.165) is 32.4 Å². The van der Waals surface area contributed by atoms with Crippen molar-refractivity contribution in [2.45, 2.75) is 26.2 Å². The minimum Gasteiger partial charge on any atom is -0.477 e. The number of ether oxygens (including phenoxy) is 1. The second-order valence-corrected chi connectivity index (χ2v) is 6.11. The van der Waals surface area contributed by atoms with Crippen LogP contribution in [0.2, 0.25) is 0 Å². The van der Waals surface area contributed by atoms with E-state index < -0.39 is 0 Å². The summed E-state index contributed by atoms with van der Waals surface area (Å²) >= 11 is 0. The Labute approximate surface area is 142 Å². The Balaban J connectivity index is 1.69. The highest BCUT2D eigenvalue weighted by molar-refractivity contribution is 5.96. The summed E-state index contributed by atoms with van der Waals surface area (Å²) in [6.45, 7) is 3.96. The van der Waals surface area contributed by atoms with Crippen LogP contribution < -0.4 is 4.74 Å². The molecule has 24 heavy (non-hydrogen) atoms. The molecule has 0 bridgehead atoms. The summed E-state index contributed by atoms with van der Waals surface area (Å²) < 4.78 is 5.50. The van der Waals surface area contributed by atoms with Gasteiger partial charge in [0.05, 0.1) is 6.61 Å². The Morgan fingerprint density at radius 2 is 2.21 bits per heavy atom. The maximum absolute atomic E-state index is 12.9. The molecule has 0 N–H and O–H groups in total. The van der Waals surface area contributed by atoms with Crippen molar-refractivity contribution in [2.75, 3.05) is 19.7 Å². The van der Waals surface area contributed by atoms with Gasteiger partial charge in [-0.1, -0.05) is 6.07 Å². The Morgan fingerprint density at radius 3 is 3.00 bits per heavy atom. The maximum atomic E-state index is 12.9. The predicted octanol–water partition coefficient (Wildman–Crippen LogP) is 2.97. The summed E-state index contributed by atoms with van der Waals surface area (Å²) in [5.41, 5.74) is 1.79. The summed E-state index contributed by atoms with van der Waals surface area (Å²) in [4.78, 5) is 23.2. The molecule has 5 heteroatoms. The van der Waals surface area contributed by atoms with Crippen molar-refractivity contribution in [1.82, 2.24) is 14.9 Å². The monoisotopic (exact) mass is 325 g/mol. The standard InChI is InChI=1S/C19H23N3O2/c1-2-24-18-17(8-4-10-21-18)19(23)22-11-5-7-16(14-22)12-15-6-3-9-20-13-15/h3-4,6,8-10,13,16H,2,5,7,11-12,14H2,1H3. The summed E-state index contributed by atoms with van der Waals surface area (Å²) in [5, 5.41) is 0. The zero-order valence-corrected chi connectivity index (χ0v) is 14.0. The predicted molar refractivity (Wildman–Crippen MR) is 92.0 cm³/mol. The summed E-state index contributed by atoms with van der Waals surface area (Å²) in [6.07, 6.45) is 8.49. The molecule has 0 spiro atoms. The van der Waals surface area contributed by atoms with E-state index in [1.54, 1.807) is 24.5 Å². The molecule has 126 valence electrons. The zero-order chi connectivity index (χ0) is 16.8. The molecule has 0 aliphatic carbocycles. The second-order valence-electron chi connectivity index (χ2n) is 6.11. The fourth-order valence-corrected chi connectivity index (χ4v) is 3.24. The molecule has 0 radical (unpaired) electrons. The fraction of sp³-hybridized carbons (Fsp3) is 0.421. The molecule has 1 aliphatic heterocycles. The van der Waals surface area contributed by atoms with Gasteiger partial charge in [0.15, 0.2) is 0 Å². The second kappa shape index (κ2) is 7.90. The van der Waals surface area contributed by atoms with Gasteiger partial charge in [-0.3, -0.25) is 9.78 Å². The van der Waals surface area contributed by atoms with Gasteiger partial charge in [-0.05, 0) is 55.9 Å². The van der Waals surface area contributed by atoms with Crippen LogP contribution in [0.15, 0.2) is 42.9 Å². The average molecular weight is 325 g/mol. The molecule has 5 nitrogen and oxygen atoms in total. The highest BCUT2D eigenvalue weighted by Gasteiger charge is 2.26. The smallest absolute Gasteiger partial charge is 0.259 e. The van der Waals surface area contributed by atoms with E-state index in [9.17, 15) is 4.79 Å². The molecule has 0 saturated carbocycles. The third kappa shape index (κ3) is 3.91. The van der Waals surface area contributed by atoms with E-state index in [2.05, 4.69) is 16.0 Å². The largest absolute Gasteiger partial charge is 0.477 e. The first-order valence-electron chi connectivity index (χ1n) is 8.54. The lowest BCUT2D eigenvalue weighted by Gasteiger charge is -2.33. The molecule has 1 amide bonds. The number of aromatic nitrogens is 2. The highest BCUT2D eigenvalue weighted by atomic mass is 16.5. The van der Waals surface area contributed by atoms with Crippen molar-refractivity contribution < 1.29 is 9.53 Å². The Hall–Kier alpha value is -2.43. The van der Waals surface area contributed by atoms with Gasteiger partial charge in [-0.25, -0.2) is 4.98 Å². The van der Waals surface area contributed by atoms with Gasteiger partial charge in [0.25, 0.3) is 5.91 Å². The highest BCUT2D eigenvalue weighted by Crippen LogP contribution is 2.24. The maximum Gasteiger partial charge on any atom is 0.259 e. The van der Waals surface area contributed by atoms with Crippen LogP contribution in [0, 0.1) is 5.92 Å². The first-order valence-corrected chi connectivity index (χ1v) is 8.54. The van der Waals surface area contributed by atoms with E-state index in [-0.39, 0.29) is 5.91 Å². The molecule has 1 saturated heterocycles. The van der Waals surface area contributed by atoms with Crippen molar-refractivity contribution in [1.29, 1.82) is 0 Å². The topological polar surface area (TPSA) is 55.3 Å². The van der Waals surface area contributed by atoms with Crippen molar-refractivity contribution in [3.8, 4) is 5.88 Å². The van der Waals surface area contributed by atoms with Crippen molar-refractivity contribution >= 4 is 5.91 Å². The van der Waals surface area contributed by atoms with Gasteiger partial charge in [-0.2, -0.15) is 0 Å². The van der Waals surface area contributed by atoms with Crippen LogP contribution in [-0.2, 0) is 6.42 Å². The Morgan fingerprint density at radius 1 is 1.33 bits per heavy atom. The van der Waals surface area contributed by atoms with E-state index >= 15 is 0 Å². The summed E-state index contributed by atoms with van der Waals surface area (Å²) in [5.74, 6) is 0.918. The minimum atomic E-state index is 0.0161. The van der Waals surface area contributed by atoms with Crippen LogP contribution in [0.3, 0.4) is 0 Å². The van der Waals surface area contributed by atoms with Crippen molar-refractivity contribution in [3.63, 3.8) is 0 Å². The normalized spacial score (nSPS) is 17.5. The molecule has 1 atom stereocenters. The summed E-state index contributed by atoms with van der Waals surface area (Å²) in [6, 6.07) is 7.64. The molecule has 3 rings (SSSR count). The molecular formula is C19H23N3O2. The van der Waals surface area contributed by atoms with E-state index in [4.69, 9.17) is 4.74 Å². The molecular weight excluding hydrogens is 302 g/mol. The lowest BCUT2D eigenvalue weighted by atomic mass is 9.91. The number of pyridine rings is 2. The number of piperidine rings is 1. The van der Waals surface area contributed by atoms with Gasteiger partial charge in [0, 0.05) is 31.7 Å². The van der Waals surface area contributed by atoms with Crippen LogP contribution in [-0.4, -0.2) is 40.5 Å². The van der Waals surface area contributed by atoms with Crippen LogP contribution in [0.1, 0.15) is 35.7 Å². The third-order valence-electron chi connectivity index (χ3n) is 4.34. The first kappa shape index (κ1) is 16.4. The van der Waals surface area contributed by atoms with Crippen LogP contribution in [0.4, 0.5) is 0 Å². The number of hydrogen-bond acceptors (Lipinski definition) is 4. The number of carbonyl (C=O) groups excluding carboxylic acids is 1. The molecule has 1 fully saturated rings. The molecule has 2 aromatic rings. The molecule has 0 aromatic carbocycles. The first-order chi connectivity index (χ1) is 11.8. The summed E-state index contributed by atoms with van der Waals surface area (Å²) in [7, 11) is 0. The van der Waals surface area contributed by atoms with Gasteiger partial charge < -0.3 is 9.64 Å². The number of likely N-dealkylation sites (tertiary alicyclic amines) is 1. The minimum absolute atomic E-state index is 0.0161. The molecule has 3 heterocycles. The van der Waals surface area contributed by atoms with E-state index in [1.165, 1.54) is 5.56 Å². The number of carbonyl (C=O) groups is 1. The van der Waals surface area contributed by atoms with E-state index in [0.29, 0.717) is 24.0 Å².